The molecule has 0 fully saturated rings. The van der Waals surface area contributed by atoms with Crippen LogP contribution in [0.2, 0.25) is 0 Å². The van der Waals surface area contributed by atoms with E-state index in [1.807, 2.05) is 0 Å². The third-order valence-electron chi connectivity index (χ3n) is 4.89. The van der Waals surface area contributed by atoms with Gasteiger partial charge in [0.15, 0.2) is 23.0 Å². The third-order valence-corrected chi connectivity index (χ3v) is 4.89. The lowest BCUT2D eigenvalue weighted by Crippen LogP contribution is -2.12. The molecule has 0 aliphatic carbocycles. The highest BCUT2D eigenvalue weighted by Gasteiger charge is 2.36. The summed E-state index contributed by atoms with van der Waals surface area (Å²) in [6.07, 6.45) is 0. The molecule has 0 atom stereocenters. The second-order valence-corrected chi connectivity index (χ2v) is 6.57. The minimum absolute atomic E-state index is 0.0551. The van der Waals surface area contributed by atoms with Gasteiger partial charge in [0.2, 0.25) is 25.1 Å². The van der Waals surface area contributed by atoms with Gasteiger partial charge < -0.3 is 37.9 Å². The van der Waals surface area contributed by atoms with Gasteiger partial charge in [-0.05, 0) is 26.0 Å². The summed E-state index contributed by atoms with van der Waals surface area (Å²) in [6.45, 7) is 3.54. The number of fused-ring (bicyclic) bond motifs is 2. The number of hydrogen-bond donors (Lipinski definition) is 0. The Kier molecular flexibility index (Phi) is 5.85. The van der Waals surface area contributed by atoms with E-state index in [4.69, 9.17) is 37.9 Å². The van der Waals surface area contributed by atoms with Crippen LogP contribution in [-0.4, -0.2) is 53.0 Å². The smallest absolute Gasteiger partial charge is 0.339 e. The van der Waals surface area contributed by atoms with Crippen LogP contribution in [0.5, 0.6) is 34.5 Å². The summed E-state index contributed by atoms with van der Waals surface area (Å²) >= 11 is 0. The van der Waals surface area contributed by atoms with Crippen molar-refractivity contribution in [2.45, 2.75) is 13.8 Å². The molecule has 0 saturated heterocycles. The number of methoxy groups -OCH3 is 2. The molecular weight excluding hydrogens is 424 g/mol. The molecule has 0 spiro atoms. The largest absolute Gasteiger partial charge is 0.492 e. The van der Waals surface area contributed by atoms with Crippen LogP contribution >= 0.6 is 0 Å². The molecule has 2 aromatic rings. The van der Waals surface area contributed by atoms with Gasteiger partial charge in [-0.25, -0.2) is 9.59 Å². The normalized spacial score (nSPS) is 13.0. The van der Waals surface area contributed by atoms with Crippen molar-refractivity contribution in [2.24, 2.45) is 0 Å². The Morgan fingerprint density at radius 1 is 0.750 bits per heavy atom. The zero-order chi connectivity index (χ0) is 22.8. The molecule has 2 heterocycles. The molecule has 10 heteroatoms. The quantitative estimate of drug-likeness (QED) is 0.589. The van der Waals surface area contributed by atoms with Crippen LogP contribution in [0.1, 0.15) is 34.6 Å². The molecule has 4 rings (SSSR count). The van der Waals surface area contributed by atoms with Gasteiger partial charge in [-0.2, -0.15) is 0 Å². The molecule has 2 aliphatic heterocycles. The molecule has 0 amide bonds. The minimum Gasteiger partial charge on any atom is -0.492 e. The topological polar surface area (TPSA) is 108 Å². The van der Waals surface area contributed by atoms with Crippen molar-refractivity contribution < 1.29 is 47.5 Å². The maximum absolute atomic E-state index is 13.0. The SMILES string of the molecule is CCOC(=O)c1cc2c(c(OC)c1-c1c(C(=O)OCC)cc3c(c1OC)OCO3)OCO2. The van der Waals surface area contributed by atoms with E-state index in [1.165, 1.54) is 26.4 Å². The second-order valence-electron chi connectivity index (χ2n) is 6.57. The van der Waals surface area contributed by atoms with E-state index in [0.717, 1.165) is 0 Å². The Hall–Kier alpha value is -3.82. The van der Waals surface area contributed by atoms with Gasteiger partial charge in [0.25, 0.3) is 0 Å². The lowest BCUT2D eigenvalue weighted by Gasteiger charge is -2.20. The molecular formula is C22H22O10. The predicted molar refractivity (Wildman–Crippen MR) is 109 cm³/mol. The lowest BCUT2D eigenvalue weighted by atomic mass is 9.91. The summed E-state index contributed by atoms with van der Waals surface area (Å²) < 4.78 is 43.9. The molecule has 2 aromatic carbocycles. The molecule has 0 bridgehead atoms. The molecule has 10 nitrogen and oxygen atoms in total. The monoisotopic (exact) mass is 446 g/mol. The third kappa shape index (κ3) is 3.37. The predicted octanol–water partition coefficient (Wildman–Crippen LogP) is 3.18. The Morgan fingerprint density at radius 2 is 1.16 bits per heavy atom. The fraction of sp³-hybridized carbons (Fsp3) is 0.364. The molecule has 0 saturated carbocycles. The first-order chi connectivity index (χ1) is 15.5. The van der Waals surface area contributed by atoms with Gasteiger partial charge in [-0.1, -0.05) is 0 Å². The molecule has 0 aromatic heterocycles. The van der Waals surface area contributed by atoms with Crippen LogP contribution in [-0.2, 0) is 9.47 Å². The minimum atomic E-state index is -0.645. The van der Waals surface area contributed by atoms with Crippen molar-refractivity contribution in [3.8, 4) is 45.6 Å². The summed E-state index contributed by atoms with van der Waals surface area (Å²) in [5.41, 5.74) is 0.619. The van der Waals surface area contributed by atoms with Gasteiger partial charge in [0, 0.05) is 11.1 Å². The Balaban J connectivity index is 2.11. The number of benzene rings is 2. The maximum atomic E-state index is 13.0. The first-order valence-electron chi connectivity index (χ1n) is 9.91. The average Bonchev–Trinajstić information content (AvgIpc) is 3.45. The average molecular weight is 446 g/mol. The first-order valence-corrected chi connectivity index (χ1v) is 9.91. The Morgan fingerprint density at radius 3 is 1.50 bits per heavy atom. The highest BCUT2D eigenvalue weighted by molar-refractivity contribution is 6.08. The highest BCUT2D eigenvalue weighted by atomic mass is 16.7. The van der Waals surface area contributed by atoms with Crippen LogP contribution in [0.4, 0.5) is 0 Å². The van der Waals surface area contributed by atoms with Crippen molar-refractivity contribution in [2.75, 3.05) is 41.0 Å². The molecule has 32 heavy (non-hydrogen) atoms. The van der Waals surface area contributed by atoms with E-state index in [9.17, 15) is 9.59 Å². The first kappa shape index (κ1) is 21.4. The van der Waals surface area contributed by atoms with E-state index >= 15 is 0 Å². The van der Waals surface area contributed by atoms with Crippen LogP contribution < -0.4 is 28.4 Å². The zero-order valence-corrected chi connectivity index (χ0v) is 18.1. The molecule has 0 unspecified atom stereocenters. The van der Waals surface area contributed by atoms with Crippen molar-refractivity contribution in [1.29, 1.82) is 0 Å². The number of ether oxygens (including phenoxy) is 8. The van der Waals surface area contributed by atoms with Crippen LogP contribution in [0, 0.1) is 0 Å². The van der Waals surface area contributed by atoms with Crippen molar-refractivity contribution in [1.82, 2.24) is 0 Å². The van der Waals surface area contributed by atoms with Crippen molar-refractivity contribution in [3.05, 3.63) is 23.3 Å². The number of hydrogen-bond acceptors (Lipinski definition) is 10. The molecule has 0 radical (unpaired) electrons. The highest BCUT2D eigenvalue weighted by Crippen LogP contribution is 2.56. The van der Waals surface area contributed by atoms with E-state index in [-0.39, 0.29) is 72.1 Å². The number of rotatable bonds is 7. The van der Waals surface area contributed by atoms with Gasteiger partial charge >= 0.3 is 11.9 Å². The number of carbonyl (C=O) groups is 2. The second kappa shape index (κ2) is 8.74. The van der Waals surface area contributed by atoms with Gasteiger partial charge in [-0.3, -0.25) is 0 Å². The van der Waals surface area contributed by atoms with Crippen LogP contribution in [0.25, 0.3) is 11.1 Å². The fourth-order valence-electron chi connectivity index (χ4n) is 3.65. The fourth-order valence-corrected chi connectivity index (χ4v) is 3.65. The molecule has 0 N–H and O–H groups in total. The van der Waals surface area contributed by atoms with Crippen molar-refractivity contribution >= 4 is 11.9 Å². The number of carbonyl (C=O) groups excluding carboxylic acids is 2. The van der Waals surface area contributed by atoms with Gasteiger partial charge in [0.05, 0.1) is 38.6 Å². The summed E-state index contributed by atoms with van der Waals surface area (Å²) in [5, 5.41) is 0. The van der Waals surface area contributed by atoms with E-state index < -0.39 is 11.9 Å². The summed E-state index contributed by atoms with van der Waals surface area (Å²) in [6, 6.07) is 2.97. The summed E-state index contributed by atoms with van der Waals surface area (Å²) in [5.74, 6) is 0.242. The maximum Gasteiger partial charge on any atom is 0.339 e. The van der Waals surface area contributed by atoms with Crippen molar-refractivity contribution in [3.63, 3.8) is 0 Å². The van der Waals surface area contributed by atoms with E-state index in [1.54, 1.807) is 13.8 Å². The molecule has 170 valence electrons. The number of esters is 2. The summed E-state index contributed by atoms with van der Waals surface area (Å²) in [7, 11) is 2.83. The van der Waals surface area contributed by atoms with Crippen LogP contribution in [0.15, 0.2) is 12.1 Å². The standard InChI is InChI=1S/C22H22O10/c1-5-27-21(23)11-7-13-17(31-9-29-13)19(25-3)15(11)16-12(22(24)28-6-2)8-14-18(20(16)26-4)32-10-30-14/h7-8H,5-6,9-10H2,1-4H3. The Bertz CT molecular complexity index is 990. The van der Waals surface area contributed by atoms with Gasteiger partial charge in [0.1, 0.15) is 0 Å². The van der Waals surface area contributed by atoms with Crippen LogP contribution in [0.3, 0.4) is 0 Å². The zero-order valence-electron chi connectivity index (χ0n) is 18.1. The lowest BCUT2D eigenvalue weighted by molar-refractivity contribution is 0.0514. The molecule has 2 aliphatic rings. The summed E-state index contributed by atoms with van der Waals surface area (Å²) in [4.78, 5) is 25.9. The van der Waals surface area contributed by atoms with Gasteiger partial charge in [-0.15, -0.1) is 0 Å². The van der Waals surface area contributed by atoms with E-state index in [2.05, 4.69) is 0 Å². The van der Waals surface area contributed by atoms with E-state index in [0.29, 0.717) is 11.5 Å². The Labute approximate surface area is 183 Å².